The molecule has 5 heteroatoms. The zero-order valence-corrected chi connectivity index (χ0v) is 14.0. The predicted octanol–water partition coefficient (Wildman–Crippen LogP) is 1.84. The van der Waals surface area contributed by atoms with Crippen molar-refractivity contribution in [3.63, 3.8) is 0 Å². The molecule has 5 nitrogen and oxygen atoms in total. The molecule has 1 fully saturated rings. The second-order valence-electron chi connectivity index (χ2n) is 6.38. The minimum atomic E-state index is -0.0575. The van der Waals surface area contributed by atoms with Crippen molar-refractivity contribution in [2.75, 3.05) is 26.2 Å². The molecule has 0 unspecified atom stereocenters. The highest BCUT2D eigenvalue weighted by atomic mass is 16.4. The quantitative estimate of drug-likeness (QED) is 0.811. The normalized spacial score (nSPS) is 19.7. The van der Waals surface area contributed by atoms with Gasteiger partial charge in [-0.25, -0.2) is 0 Å². The van der Waals surface area contributed by atoms with Gasteiger partial charge in [-0.2, -0.15) is 0 Å². The lowest BCUT2D eigenvalue weighted by Crippen LogP contribution is -2.52. The fourth-order valence-corrected chi connectivity index (χ4v) is 3.36. The van der Waals surface area contributed by atoms with Crippen LogP contribution in [0.15, 0.2) is 46.9 Å². The second-order valence-corrected chi connectivity index (χ2v) is 6.38. The smallest absolute Gasteiger partial charge is 0.129 e. The topological polar surface area (TPSA) is 60.1 Å². The molecule has 0 saturated carbocycles. The Morgan fingerprint density at radius 3 is 2.46 bits per heavy atom. The van der Waals surface area contributed by atoms with Crippen molar-refractivity contribution in [2.45, 2.75) is 32.2 Å². The first-order valence-corrected chi connectivity index (χ1v) is 8.58. The first-order valence-electron chi connectivity index (χ1n) is 8.58. The number of aliphatic hydroxyl groups is 2. The van der Waals surface area contributed by atoms with Crippen molar-refractivity contribution in [3.05, 3.63) is 59.5 Å². The van der Waals surface area contributed by atoms with Gasteiger partial charge in [0.2, 0.25) is 0 Å². The number of aliphatic hydroxyl groups excluding tert-OH is 2. The summed E-state index contributed by atoms with van der Waals surface area (Å²) in [6, 6.07) is 14.6. The maximum absolute atomic E-state index is 9.42. The Kier molecular flexibility index (Phi) is 6.04. The molecule has 1 aliphatic heterocycles. The van der Waals surface area contributed by atoms with Crippen molar-refractivity contribution < 1.29 is 14.6 Å². The minimum absolute atomic E-state index is 0.0575. The van der Waals surface area contributed by atoms with Gasteiger partial charge >= 0.3 is 0 Å². The third-order valence-electron chi connectivity index (χ3n) is 4.63. The van der Waals surface area contributed by atoms with Crippen LogP contribution in [0.2, 0.25) is 0 Å². The van der Waals surface area contributed by atoms with E-state index in [4.69, 9.17) is 9.52 Å². The molecule has 0 radical (unpaired) electrons. The summed E-state index contributed by atoms with van der Waals surface area (Å²) >= 11 is 0. The molecule has 24 heavy (non-hydrogen) atoms. The summed E-state index contributed by atoms with van der Waals surface area (Å²) in [5.74, 6) is 1.50. The Morgan fingerprint density at radius 2 is 1.75 bits per heavy atom. The van der Waals surface area contributed by atoms with E-state index in [1.165, 1.54) is 5.56 Å². The van der Waals surface area contributed by atoms with Crippen LogP contribution in [0.4, 0.5) is 0 Å². The van der Waals surface area contributed by atoms with E-state index in [1.54, 1.807) is 0 Å². The lowest BCUT2D eigenvalue weighted by molar-refractivity contribution is 0.0464. The summed E-state index contributed by atoms with van der Waals surface area (Å²) in [4.78, 5) is 4.82. The van der Waals surface area contributed by atoms with Crippen LogP contribution in [0.1, 0.15) is 23.5 Å². The molecule has 0 spiro atoms. The Morgan fingerprint density at radius 1 is 0.958 bits per heavy atom. The highest BCUT2D eigenvalue weighted by Gasteiger charge is 2.27. The molecule has 0 aliphatic carbocycles. The molecule has 3 rings (SSSR count). The van der Waals surface area contributed by atoms with Gasteiger partial charge in [0, 0.05) is 38.8 Å². The number of rotatable bonds is 7. The number of benzene rings is 1. The zero-order valence-electron chi connectivity index (χ0n) is 14.0. The highest BCUT2D eigenvalue weighted by molar-refractivity contribution is 5.15. The highest BCUT2D eigenvalue weighted by Crippen LogP contribution is 2.19. The predicted molar refractivity (Wildman–Crippen MR) is 92.3 cm³/mol. The second kappa shape index (κ2) is 8.44. The van der Waals surface area contributed by atoms with Crippen molar-refractivity contribution in [3.8, 4) is 0 Å². The van der Waals surface area contributed by atoms with Gasteiger partial charge in [-0.05, 0) is 24.1 Å². The maximum atomic E-state index is 9.42. The van der Waals surface area contributed by atoms with Crippen LogP contribution in [0, 0.1) is 0 Å². The third kappa shape index (κ3) is 4.45. The van der Waals surface area contributed by atoms with Crippen molar-refractivity contribution in [2.24, 2.45) is 0 Å². The van der Waals surface area contributed by atoms with E-state index in [2.05, 4.69) is 34.1 Å². The van der Waals surface area contributed by atoms with E-state index in [9.17, 15) is 5.11 Å². The van der Waals surface area contributed by atoms with Crippen LogP contribution >= 0.6 is 0 Å². The van der Waals surface area contributed by atoms with Crippen LogP contribution in [0.5, 0.6) is 0 Å². The molecule has 1 aliphatic rings. The Balaban J connectivity index is 1.60. The molecular weight excluding hydrogens is 304 g/mol. The van der Waals surface area contributed by atoms with E-state index < -0.39 is 0 Å². The molecule has 2 N–H and O–H groups in total. The van der Waals surface area contributed by atoms with Crippen molar-refractivity contribution in [1.82, 2.24) is 9.80 Å². The molecule has 0 amide bonds. The standard InChI is InChI=1S/C19H26N2O3/c22-11-8-17-13-20(14-18-6-7-19(15-23)24-18)9-10-21(17)12-16-4-2-1-3-5-16/h1-7,17,22-23H,8-15H2/t17-/m1/s1. The van der Waals surface area contributed by atoms with Crippen LogP contribution in [0.3, 0.4) is 0 Å². The minimum Gasteiger partial charge on any atom is -0.462 e. The molecule has 2 heterocycles. The van der Waals surface area contributed by atoms with Crippen LogP contribution in [-0.4, -0.2) is 52.3 Å². The van der Waals surface area contributed by atoms with Gasteiger partial charge in [-0.3, -0.25) is 9.80 Å². The lowest BCUT2D eigenvalue weighted by Gasteiger charge is -2.41. The molecular formula is C19H26N2O3. The van der Waals surface area contributed by atoms with Gasteiger partial charge < -0.3 is 14.6 Å². The summed E-state index contributed by atoms with van der Waals surface area (Å²) in [7, 11) is 0. The number of furan rings is 1. The molecule has 1 saturated heterocycles. The monoisotopic (exact) mass is 330 g/mol. The van der Waals surface area contributed by atoms with Crippen LogP contribution in [0.25, 0.3) is 0 Å². The average molecular weight is 330 g/mol. The first-order chi connectivity index (χ1) is 11.8. The SMILES string of the molecule is OCC[C@@H]1CN(Cc2ccc(CO)o2)CCN1Cc1ccccc1. The van der Waals surface area contributed by atoms with Crippen molar-refractivity contribution in [1.29, 1.82) is 0 Å². The number of hydrogen-bond acceptors (Lipinski definition) is 5. The van der Waals surface area contributed by atoms with E-state index in [-0.39, 0.29) is 13.2 Å². The summed E-state index contributed by atoms with van der Waals surface area (Å²) in [5.41, 5.74) is 1.31. The molecule has 1 aromatic carbocycles. The van der Waals surface area contributed by atoms with Gasteiger partial charge in [0.25, 0.3) is 0 Å². The third-order valence-corrected chi connectivity index (χ3v) is 4.63. The molecule has 130 valence electrons. The van der Waals surface area contributed by atoms with E-state index in [1.807, 2.05) is 18.2 Å². The summed E-state index contributed by atoms with van der Waals surface area (Å²) < 4.78 is 5.60. The van der Waals surface area contributed by atoms with Gasteiger partial charge in [-0.15, -0.1) is 0 Å². The average Bonchev–Trinajstić information content (AvgIpc) is 3.06. The van der Waals surface area contributed by atoms with E-state index in [0.717, 1.165) is 44.9 Å². The zero-order chi connectivity index (χ0) is 16.8. The van der Waals surface area contributed by atoms with E-state index in [0.29, 0.717) is 11.8 Å². The fourth-order valence-electron chi connectivity index (χ4n) is 3.36. The van der Waals surface area contributed by atoms with E-state index >= 15 is 0 Å². The lowest BCUT2D eigenvalue weighted by atomic mass is 10.1. The van der Waals surface area contributed by atoms with Crippen LogP contribution < -0.4 is 0 Å². The molecule has 1 atom stereocenters. The van der Waals surface area contributed by atoms with Crippen LogP contribution in [-0.2, 0) is 19.7 Å². The van der Waals surface area contributed by atoms with Crippen molar-refractivity contribution >= 4 is 0 Å². The Bertz CT molecular complexity index is 614. The number of hydrogen-bond donors (Lipinski definition) is 2. The largest absolute Gasteiger partial charge is 0.462 e. The summed E-state index contributed by atoms with van der Waals surface area (Å²) in [6.45, 7) is 4.70. The molecule has 1 aromatic heterocycles. The number of piperazine rings is 1. The first kappa shape index (κ1) is 17.2. The Labute approximate surface area is 143 Å². The maximum Gasteiger partial charge on any atom is 0.129 e. The molecule has 0 bridgehead atoms. The summed E-state index contributed by atoms with van der Waals surface area (Å²) in [6.07, 6.45) is 0.781. The fraction of sp³-hybridized carbons (Fsp3) is 0.474. The van der Waals surface area contributed by atoms with Gasteiger partial charge in [0.15, 0.2) is 0 Å². The van der Waals surface area contributed by atoms with Gasteiger partial charge in [0.05, 0.1) is 6.54 Å². The Hall–Kier alpha value is -1.66. The summed E-state index contributed by atoms with van der Waals surface area (Å²) in [5, 5.41) is 18.5. The number of nitrogens with zero attached hydrogens (tertiary/aromatic N) is 2. The molecule has 2 aromatic rings. The van der Waals surface area contributed by atoms with Gasteiger partial charge in [0.1, 0.15) is 18.1 Å². The van der Waals surface area contributed by atoms with Gasteiger partial charge in [-0.1, -0.05) is 30.3 Å².